The number of phosphoric acid groups is 1. The molecule has 0 saturated heterocycles. The van der Waals surface area contributed by atoms with Crippen molar-refractivity contribution in [2.24, 2.45) is 0 Å². The molecule has 0 amide bonds. The lowest BCUT2D eigenvalue weighted by molar-refractivity contribution is -0.870. The Morgan fingerprint density at radius 1 is 0.471 bits per heavy atom. The number of hydrogen-bond donors (Lipinski definition) is 1. The Kier molecular flexibility index (Phi) is 48.0. The summed E-state index contributed by atoms with van der Waals surface area (Å²) in [5.41, 5.74) is 0. The zero-order valence-electron chi connectivity index (χ0n) is 44.8. The minimum atomic E-state index is -4.37. The van der Waals surface area contributed by atoms with Gasteiger partial charge in [-0.2, -0.15) is 0 Å². The van der Waals surface area contributed by atoms with Crippen LogP contribution in [0.1, 0.15) is 245 Å². The molecule has 396 valence electrons. The van der Waals surface area contributed by atoms with E-state index in [0.29, 0.717) is 23.9 Å². The zero-order valence-corrected chi connectivity index (χ0v) is 45.7. The fraction of sp³-hybridized carbons (Fsp3) is 0.793. The number of quaternary nitrogens is 1. The molecule has 0 aliphatic heterocycles. The van der Waals surface area contributed by atoms with Gasteiger partial charge in [0.25, 0.3) is 0 Å². The highest BCUT2D eigenvalue weighted by Crippen LogP contribution is 2.43. The highest BCUT2D eigenvalue weighted by atomic mass is 31.2. The second-order valence-corrected chi connectivity index (χ2v) is 21.4. The van der Waals surface area contributed by atoms with Crippen LogP contribution in [0.5, 0.6) is 0 Å². The number of nitrogens with zero attached hydrogens (tertiary/aromatic N) is 1. The van der Waals surface area contributed by atoms with Crippen molar-refractivity contribution < 1.29 is 42.1 Å². The fourth-order valence-corrected chi connectivity index (χ4v) is 8.49. The quantitative estimate of drug-likeness (QED) is 0.0211. The van der Waals surface area contributed by atoms with Crippen LogP contribution in [0.2, 0.25) is 0 Å². The summed E-state index contributed by atoms with van der Waals surface area (Å²) >= 11 is 0. The summed E-state index contributed by atoms with van der Waals surface area (Å²) in [5.74, 6) is -0.793. The lowest BCUT2D eigenvalue weighted by atomic mass is 10.0. The van der Waals surface area contributed by atoms with E-state index in [2.05, 4.69) is 74.6 Å². The molecule has 2 unspecified atom stereocenters. The predicted octanol–water partition coefficient (Wildman–Crippen LogP) is 17.1. The molecule has 1 N–H and O–H groups in total. The molecule has 0 fully saturated rings. The van der Waals surface area contributed by atoms with E-state index < -0.39 is 26.5 Å². The Morgan fingerprint density at radius 3 is 1.25 bits per heavy atom. The maximum atomic E-state index is 12.7. The van der Waals surface area contributed by atoms with E-state index in [9.17, 15) is 19.0 Å². The first-order chi connectivity index (χ1) is 33.0. The summed E-state index contributed by atoms with van der Waals surface area (Å²) in [6, 6.07) is 0. The van der Waals surface area contributed by atoms with E-state index in [1.54, 1.807) is 0 Å². The number of allylic oxidation sites excluding steroid dienone is 10. The molecule has 0 saturated carbocycles. The van der Waals surface area contributed by atoms with Gasteiger partial charge in [0.15, 0.2) is 6.10 Å². The number of carbonyl (C=O) groups excluding carboxylic acids is 2. The summed E-state index contributed by atoms with van der Waals surface area (Å²) in [6.07, 6.45) is 63.2. The van der Waals surface area contributed by atoms with E-state index >= 15 is 0 Å². The van der Waals surface area contributed by atoms with Crippen LogP contribution in [0.15, 0.2) is 60.8 Å². The van der Waals surface area contributed by atoms with Crippen molar-refractivity contribution in [1.29, 1.82) is 0 Å². The third kappa shape index (κ3) is 53.1. The van der Waals surface area contributed by atoms with Crippen LogP contribution >= 0.6 is 7.82 Å². The van der Waals surface area contributed by atoms with Crippen molar-refractivity contribution >= 4 is 19.8 Å². The highest BCUT2D eigenvalue weighted by Gasteiger charge is 2.27. The molecule has 0 bridgehead atoms. The largest absolute Gasteiger partial charge is 0.472 e. The SMILES string of the molecule is CC/C=C\C/C=C\C/C=C\C/C=C\C/C=C\CCCCCCCCCCCCCCCCCCCCCC(=O)OC(COC(=O)CCCCCCCCCCC)COP(=O)(O)OCC[N+](C)(C)C. The molecule has 0 aliphatic carbocycles. The number of hydrogen-bond acceptors (Lipinski definition) is 7. The molecular formula is C58H107NO8P+. The van der Waals surface area contributed by atoms with Gasteiger partial charge in [0.05, 0.1) is 27.7 Å². The molecular weight excluding hydrogens is 870 g/mol. The number of carbonyl (C=O) groups is 2. The molecule has 0 radical (unpaired) electrons. The number of rotatable bonds is 51. The Hall–Kier alpha value is -2.29. The number of ether oxygens (including phenoxy) is 2. The van der Waals surface area contributed by atoms with Gasteiger partial charge in [-0.05, 0) is 57.8 Å². The van der Waals surface area contributed by atoms with Gasteiger partial charge in [-0.15, -0.1) is 0 Å². The van der Waals surface area contributed by atoms with Crippen molar-refractivity contribution in [1.82, 2.24) is 0 Å². The summed E-state index contributed by atoms with van der Waals surface area (Å²) in [6.45, 7) is 4.31. The number of phosphoric ester groups is 1. The maximum Gasteiger partial charge on any atom is 0.472 e. The molecule has 0 aromatic rings. The molecule has 0 rings (SSSR count). The van der Waals surface area contributed by atoms with Gasteiger partial charge in [0.1, 0.15) is 19.8 Å². The average Bonchev–Trinajstić information content (AvgIpc) is 3.30. The van der Waals surface area contributed by atoms with Crippen LogP contribution in [0, 0.1) is 0 Å². The fourth-order valence-electron chi connectivity index (χ4n) is 7.75. The average molecular weight is 977 g/mol. The van der Waals surface area contributed by atoms with Crippen molar-refractivity contribution in [2.45, 2.75) is 251 Å². The zero-order chi connectivity index (χ0) is 49.9. The normalized spacial score (nSPS) is 13.8. The number of likely N-dealkylation sites (N-methyl/N-ethyl adjacent to an activating group) is 1. The van der Waals surface area contributed by atoms with Crippen LogP contribution in [-0.4, -0.2) is 74.9 Å². The van der Waals surface area contributed by atoms with Gasteiger partial charge in [0, 0.05) is 12.8 Å². The monoisotopic (exact) mass is 977 g/mol. The molecule has 0 heterocycles. The van der Waals surface area contributed by atoms with Crippen LogP contribution in [0.4, 0.5) is 0 Å². The Labute approximate surface area is 419 Å². The Balaban J connectivity index is 3.92. The molecule has 2 atom stereocenters. The van der Waals surface area contributed by atoms with Crippen molar-refractivity contribution in [3.63, 3.8) is 0 Å². The highest BCUT2D eigenvalue weighted by molar-refractivity contribution is 7.47. The minimum absolute atomic E-state index is 0.0330. The molecule has 9 nitrogen and oxygen atoms in total. The minimum Gasteiger partial charge on any atom is -0.462 e. The van der Waals surface area contributed by atoms with Crippen LogP contribution < -0.4 is 0 Å². The van der Waals surface area contributed by atoms with E-state index in [1.165, 1.54) is 148 Å². The van der Waals surface area contributed by atoms with Crippen molar-refractivity contribution in [3.05, 3.63) is 60.8 Å². The summed E-state index contributed by atoms with van der Waals surface area (Å²) < 4.78 is 34.4. The first kappa shape index (κ1) is 65.7. The van der Waals surface area contributed by atoms with Crippen LogP contribution in [0.25, 0.3) is 0 Å². The van der Waals surface area contributed by atoms with Gasteiger partial charge in [-0.25, -0.2) is 4.57 Å². The lowest BCUT2D eigenvalue weighted by Crippen LogP contribution is -2.37. The third-order valence-corrected chi connectivity index (χ3v) is 13.0. The van der Waals surface area contributed by atoms with E-state index in [-0.39, 0.29) is 25.6 Å². The first-order valence-corrected chi connectivity index (χ1v) is 29.5. The van der Waals surface area contributed by atoms with Crippen LogP contribution in [0.3, 0.4) is 0 Å². The number of esters is 2. The second kappa shape index (κ2) is 49.7. The molecule has 0 spiro atoms. The summed E-state index contributed by atoms with van der Waals surface area (Å²) in [5, 5.41) is 0. The topological polar surface area (TPSA) is 108 Å². The van der Waals surface area contributed by atoms with Crippen LogP contribution in [-0.2, 0) is 32.7 Å². The van der Waals surface area contributed by atoms with Gasteiger partial charge >= 0.3 is 19.8 Å². The first-order valence-electron chi connectivity index (χ1n) is 28.0. The number of unbranched alkanes of at least 4 members (excludes halogenated alkanes) is 27. The maximum absolute atomic E-state index is 12.7. The Morgan fingerprint density at radius 2 is 0.838 bits per heavy atom. The summed E-state index contributed by atoms with van der Waals surface area (Å²) in [7, 11) is 1.48. The van der Waals surface area contributed by atoms with Gasteiger partial charge < -0.3 is 18.9 Å². The third-order valence-electron chi connectivity index (χ3n) is 12.1. The van der Waals surface area contributed by atoms with Gasteiger partial charge in [0.2, 0.25) is 0 Å². The summed E-state index contributed by atoms with van der Waals surface area (Å²) in [4.78, 5) is 35.4. The van der Waals surface area contributed by atoms with Gasteiger partial charge in [-0.1, -0.05) is 235 Å². The van der Waals surface area contributed by atoms with Crippen molar-refractivity contribution in [2.75, 3.05) is 47.5 Å². The van der Waals surface area contributed by atoms with Crippen molar-refractivity contribution in [3.8, 4) is 0 Å². The molecule has 0 aliphatic rings. The van der Waals surface area contributed by atoms with Gasteiger partial charge in [-0.3, -0.25) is 18.6 Å². The van der Waals surface area contributed by atoms with E-state index in [1.807, 2.05) is 21.1 Å². The molecule has 0 aromatic heterocycles. The standard InChI is InChI=1S/C58H106NO8P/c1-6-8-10-12-14-16-17-18-19-20-21-22-23-24-25-26-27-28-29-30-31-32-33-34-35-36-37-38-39-40-41-43-45-47-49-51-58(61)67-56(55-66-68(62,63)65-53-52-59(3,4)5)54-64-57(60)50-48-46-44-42-15-13-11-9-7-2/h8,10,14,16,18-19,21-22,24-25,56H,6-7,9,11-13,15,17,20,23,26-55H2,1-5H3/p+1/b10-8-,16-14-,19-18-,22-21-,25-24-. The predicted molar refractivity (Wildman–Crippen MR) is 289 cm³/mol. The lowest BCUT2D eigenvalue weighted by Gasteiger charge is -2.24. The molecule has 0 aromatic carbocycles. The molecule has 68 heavy (non-hydrogen) atoms. The Bertz CT molecular complexity index is 1340. The second-order valence-electron chi connectivity index (χ2n) is 19.9. The molecule has 10 heteroatoms. The van der Waals surface area contributed by atoms with E-state index in [0.717, 1.165) is 64.2 Å². The van der Waals surface area contributed by atoms with E-state index in [4.69, 9.17) is 18.5 Å². The smallest absolute Gasteiger partial charge is 0.462 e.